The van der Waals surface area contributed by atoms with Crippen molar-refractivity contribution in [3.63, 3.8) is 0 Å². The van der Waals surface area contributed by atoms with Gasteiger partial charge in [-0.25, -0.2) is 4.98 Å². The van der Waals surface area contributed by atoms with Gasteiger partial charge < -0.3 is 10.7 Å². The van der Waals surface area contributed by atoms with Crippen LogP contribution in [-0.4, -0.2) is 16.5 Å². The van der Waals surface area contributed by atoms with Gasteiger partial charge in [0.1, 0.15) is 5.82 Å². The van der Waals surface area contributed by atoms with E-state index >= 15 is 0 Å². The fourth-order valence-corrected chi connectivity index (χ4v) is 3.01. The highest BCUT2D eigenvalue weighted by atomic mass is 16.1. The van der Waals surface area contributed by atoms with Crippen LogP contribution in [0.4, 0.5) is 0 Å². The van der Waals surface area contributed by atoms with Gasteiger partial charge in [0, 0.05) is 24.1 Å². The molecule has 20 heavy (non-hydrogen) atoms. The topological polar surface area (TPSA) is 71.8 Å². The van der Waals surface area contributed by atoms with Crippen molar-refractivity contribution >= 4 is 0 Å². The van der Waals surface area contributed by atoms with E-state index < -0.39 is 0 Å². The van der Waals surface area contributed by atoms with E-state index in [2.05, 4.69) is 34.2 Å². The number of hydrogen-bond acceptors (Lipinski definition) is 3. The molecule has 1 aromatic heterocycles. The Labute approximate surface area is 118 Å². The van der Waals surface area contributed by atoms with E-state index in [0.29, 0.717) is 13.0 Å². The lowest BCUT2D eigenvalue weighted by Gasteiger charge is -2.24. The Hall–Kier alpha value is -1.94. The van der Waals surface area contributed by atoms with E-state index in [1.165, 1.54) is 11.1 Å². The molecule has 4 nitrogen and oxygen atoms in total. The minimum absolute atomic E-state index is 0.0819. The number of nitrogens with two attached hydrogens (primary N) is 1. The smallest absolute Gasteiger partial charge is 0.251 e. The summed E-state index contributed by atoms with van der Waals surface area (Å²) in [6.07, 6.45) is 3.92. The van der Waals surface area contributed by atoms with Crippen LogP contribution in [0.2, 0.25) is 0 Å². The molecule has 0 spiro atoms. The Balaban J connectivity index is 2.04. The molecule has 1 atom stereocenters. The number of nitrogens with one attached hydrogen (secondary N) is 1. The van der Waals surface area contributed by atoms with E-state index in [1.54, 1.807) is 6.07 Å². The molecule has 3 N–H and O–H groups in total. The molecule has 0 aliphatic heterocycles. The van der Waals surface area contributed by atoms with Gasteiger partial charge in [0.15, 0.2) is 0 Å². The molecule has 2 aromatic rings. The van der Waals surface area contributed by atoms with Crippen molar-refractivity contribution in [1.29, 1.82) is 0 Å². The quantitative estimate of drug-likeness (QED) is 0.891. The van der Waals surface area contributed by atoms with E-state index in [0.717, 1.165) is 30.8 Å². The summed E-state index contributed by atoms with van der Waals surface area (Å²) >= 11 is 0. The van der Waals surface area contributed by atoms with Crippen LogP contribution in [0, 0.1) is 0 Å². The molecule has 1 unspecified atom stereocenters. The molecule has 0 bridgehead atoms. The lowest BCUT2D eigenvalue weighted by Crippen LogP contribution is -2.20. The van der Waals surface area contributed by atoms with Crippen LogP contribution in [0.5, 0.6) is 0 Å². The van der Waals surface area contributed by atoms with Crippen molar-refractivity contribution in [2.75, 3.05) is 6.54 Å². The number of rotatable bonds is 3. The zero-order valence-corrected chi connectivity index (χ0v) is 11.4. The second-order valence-corrected chi connectivity index (χ2v) is 5.30. The number of aromatic nitrogens is 2. The van der Waals surface area contributed by atoms with Gasteiger partial charge in [-0.05, 0) is 36.9 Å². The Morgan fingerprint density at radius 1 is 1.35 bits per heavy atom. The maximum Gasteiger partial charge on any atom is 0.251 e. The van der Waals surface area contributed by atoms with Crippen molar-refractivity contribution in [1.82, 2.24) is 9.97 Å². The molecular formula is C16H19N3O. The molecule has 1 aromatic carbocycles. The van der Waals surface area contributed by atoms with Gasteiger partial charge in [-0.2, -0.15) is 0 Å². The number of benzene rings is 1. The lowest BCUT2D eigenvalue weighted by molar-refractivity contribution is 0.585. The average molecular weight is 269 g/mol. The van der Waals surface area contributed by atoms with Crippen molar-refractivity contribution in [3.05, 3.63) is 63.3 Å². The first-order valence-corrected chi connectivity index (χ1v) is 7.16. The van der Waals surface area contributed by atoms with Gasteiger partial charge in [-0.3, -0.25) is 4.79 Å². The van der Waals surface area contributed by atoms with Crippen LogP contribution < -0.4 is 11.3 Å². The molecule has 4 heteroatoms. The number of H-pyrrole nitrogens is 1. The predicted molar refractivity (Wildman–Crippen MR) is 78.8 cm³/mol. The molecule has 0 saturated carbocycles. The number of nitrogens with zero attached hydrogens (tertiary/aromatic N) is 1. The van der Waals surface area contributed by atoms with E-state index in [4.69, 9.17) is 5.73 Å². The average Bonchev–Trinajstić information content (AvgIpc) is 2.46. The third-order valence-electron chi connectivity index (χ3n) is 3.91. The minimum Gasteiger partial charge on any atom is -0.330 e. The molecular weight excluding hydrogens is 250 g/mol. The lowest BCUT2D eigenvalue weighted by atomic mass is 9.82. The summed E-state index contributed by atoms with van der Waals surface area (Å²) < 4.78 is 0. The van der Waals surface area contributed by atoms with Crippen LogP contribution in [0.1, 0.15) is 41.4 Å². The summed E-state index contributed by atoms with van der Waals surface area (Å²) in [6.45, 7) is 0.511. The van der Waals surface area contributed by atoms with Crippen molar-refractivity contribution < 1.29 is 0 Å². The maximum absolute atomic E-state index is 11.8. The first-order valence-electron chi connectivity index (χ1n) is 7.16. The molecule has 0 radical (unpaired) electrons. The zero-order chi connectivity index (χ0) is 13.9. The summed E-state index contributed by atoms with van der Waals surface area (Å²) in [4.78, 5) is 19.3. The maximum atomic E-state index is 11.8. The Kier molecular flexibility index (Phi) is 3.65. The first-order chi connectivity index (χ1) is 9.78. The van der Waals surface area contributed by atoms with Crippen LogP contribution >= 0.6 is 0 Å². The highest BCUT2D eigenvalue weighted by Gasteiger charge is 2.23. The number of aryl methyl sites for hydroxylation is 1. The van der Waals surface area contributed by atoms with Crippen molar-refractivity contribution in [2.45, 2.75) is 31.6 Å². The number of hydrogen-bond donors (Lipinski definition) is 2. The first kappa shape index (κ1) is 13.1. The van der Waals surface area contributed by atoms with Crippen molar-refractivity contribution in [2.24, 2.45) is 5.73 Å². The molecule has 0 amide bonds. The van der Waals surface area contributed by atoms with Gasteiger partial charge in [0.25, 0.3) is 5.56 Å². The Morgan fingerprint density at radius 3 is 3.05 bits per heavy atom. The van der Waals surface area contributed by atoms with Gasteiger partial charge in [-0.15, -0.1) is 0 Å². The highest BCUT2D eigenvalue weighted by Crippen LogP contribution is 2.34. The summed E-state index contributed by atoms with van der Waals surface area (Å²) in [6, 6.07) is 9.99. The number of aromatic amines is 1. The molecule has 0 fully saturated rings. The van der Waals surface area contributed by atoms with Gasteiger partial charge >= 0.3 is 0 Å². The molecule has 1 aliphatic carbocycles. The number of fused-ring (bicyclic) bond motifs is 1. The molecule has 0 saturated heterocycles. The third-order valence-corrected chi connectivity index (χ3v) is 3.91. The minimum atomic E-state index is -0.0819. The van der Waals surface area contributed by atoms with Crippen LogP contribution in [0.25, 0.3) is 0 Å². The predicted octanol–water partition coefficient (Wildman–Crippen LogP) is 1.74. The van der Waals surface area contributed by atoms with Crippen molar-refractivity contribution in [3.8, 4) is 0 Å². The zero-order valence-electron chi connectivity index (χ0n) is 11.4. The second kappa shape index (κ2) is 5.59. The standard InChI is InChI=1S/C16H19N3O/c17-9-8-12-10-15(20)19-16(18-12)14-7-3-5-11-4-1-2-6-13(11)14/h1-2,4,6,10,14H,3,5,7-9,17H2,(H,18,19,20). The Morgan fingerprint density at radius 2 is 2.20 bits per heavy atom. The second-order valence-electron chi connectivity index (χ2n) is 5.30. The summed E-state index contributed by atoms with van der Waals surface area (Å²) in [7, 11) is 0. The molecule has 3 rings (SSSR count). The van der Waals surface area contributed by atoms with Crippen LogP contribution in [-0.2, 0) is 12.8 Å². The summed E-state index contributed by atoms with van der Waals surface area (Å²) in [5.41, 5.74) is 8.94. The third kappa shape index (κ3) is 2.51. The molecule has 1 heterocycles. The normalized spacial score (nSPS) is 17.8. The summed E-state index contributed by atoms with van der Waals surface area (Å²) in [5, 5.41) is 0. The van der Waals surface area contributed by atoms with Gasteiger partial charge in [0.05, 0.1) is 0 Å². The summed E-state index contributed by atoms with van der Waals surface area (Å²) in [5.74, 6) is 0.985. The van der Waals surface area contributed by atoms with Crippen LogP contribution in [0.3, 0.4) is 0 Å². The fraction of sp³-hybridized carbons (Fsp3) is 0.375. The van der Waals surface area contributed by atoms with E-state index in [-0.39, 0.29) is 11.5 Å². The molecule has 104 valence electrons. The molecule has 1 aliphatic rings. The largest absolute Gasteiger partial charge is 0.330 e. The fourth-order valence-electron chi connectivity index (χ4n) is 3.01. The van der Waals surface area contributed by atoms with Gasteiger partial charge in [0.2, 0.25) is 0 Å². The van der Waals surface area contributed by atoms with E-state index in [9.17, 15) is 4.79 Å². The highest BCUT2D eigenvalue weighted by molar-refractivity contribution is 5.36. The monoisotopic (exact) mass is 269 g/mol. The Bertz CT molecular complexity index is 663. The van der Waals surface area contributed by atoms with Crippen LogP contribution in [0.15, 0.2) is 35.1 Å². The van der Waals surface area contributed by atoms with E-state index in [1.807, 2.05) is 0 Å². The SMILES string of the molecule is NCCc1cc(=O)[nH]c(C2CCCc3ccccc32)n1. The van der Waals surface area contributed by atoms with Gasteiger partial charge in [-0.1, -0.05) is 24.3 Å².